The van der Waals surface area contributed by atoms with Crippen molar-refractivity contribution >= 4 is 28.3 Å². The SMILES string of the molecule is N#Cc1ccc(-c2cnc(COc3cccc(-c4cc(F)c(Cc5nc6ccc(C(=O)O)cc6n5C[C@@H]5CCO5)cc4F)n3)s2)cc1. The Kier molecular flexibility index (Phi) is 8.15. The van der Waals surface area contributed by atoms with Crippen molar-refractivity contribution in [1.29, 1.82) is 5.26 Å². The molecule has 0 saturated carbocycles. The average molecular weight is 650 g/mol. The van der Waals surface area contributed by atoms with Crippen molar-refractivity contribution in [2.75, 3.05) is 6.61 Å². The van der Waals surface area contributed by atoms with E-state index in [0.29, 0.717) is 40.6 Å². The van der Waals surface area contributed by atoms with Gasteiger partial charge < -0.3 is 19.1 Å². The Morgan fingerprint density at radius 2 is 1.91 bits per heavy atom. The maximum atomic E-state index is 15.6. The molecule has 3 aromatic heterocycles. The zero-order valence-corrected chi connectivity index (χ0v) is 25.5. The highest BCUT2D eigenvalue weighted by atomic mass is 32.1. The third-order valence-corrected chi connectivity index (χ3v) is 8.95. The summed E-state index contributed by atoms with van der Waals surface area (Å²) in [5.41, 5.74) is 3.07. The lowest BCUT2D eigenvalue weighted by atomic mass is 10.0. The fourth-order valence-corrected chi connectivity index (χ4v) is 6.20. The summed E-state index contributed by atoms with van der Waals surface area (Å²) < 4.78 is 44.4. The van der Waals surface area contributed by atoms with Gasteiger partial charge in [0.05, 0.1) is 51.4 Å². The predicted octanol–water partition coefficient (Wildman–Crippen LogP) is 7.03. The van der Waals surface area contributed by atoms with Crippen LogP contribution in [0.25, 0.3) is 32.7 Å². The van der Waals surface area contributed by atoms with Crippen molar-refractivity contribution in [3.63, 3.8) is 0 Å². The van der Waals surface area contributed by atoms with Gasteiger partial charge in [-0.05, 0) is 66.1 Å². The minimum Gasteiger partial charge on any atom is -0.478 e. The highest BCUT2D eigenvalue weighted by Gasteiger charge is 2.24. The molecule has 12 heteroatoms. The number of rotatable bonds is 10. The summed E-state index contributed by atoms with van der Waals surface area (Å²) in [6, 6.07) is 21.1. The molecule has 1 N–H and O–H groups in total. The minimum atomic E-state index is -1.06. The highest BCUT2D eigenvalue weighted by Crippen LogP contribution is 2.30. The lowest BCUT2D eigenvalue weighted by Gasteiger charge is -2.27. The molecule has 0 amide bonds. The van der Waals surface area contributed by atoms with Gasteiger partial charge in [-0.2, -0.15) is 5.26 Å². The molecule has 234 valence electrons. The van der Waals surface area contributed by atoms with Gasteiger partial charge in [0, 0.05) is 30.9 Å². The van der Waals surface area contributed by atoms with E-state index in [4.69, 9.17) is 14.7 Å². The van der Waals surface area contributed by atoms with E-state index in [1.807, 2.05) is 16.7 Å². The van der Waals surface area contributed by atoms with Crippen molar-refractivity contribution in [2.45, 2.75) is 32.1 Å². The van der Waals surface area contributed by atoms with Gasteiger partial charge in [0.25, 0.3) is 0 Å². The number of benzene rings is 3. The predicted molar refractivity (Wildman–Crippen MR) is 170 cm³/mol. The van der Waals surface area contributed by atoms with Crippen molar-refractivity contribution < 1.29 is 28.2 Å². The molecule has 0 bridgehead atoms. The first-order valence-electron chi connectivity index (χ1n) is 14.7. The molecular formula is C35H25F2N5O4S. The number of imidazole rings is 1. The second-order valence-corrected chi connectivity index (χ2v) is 12.1. The van der Waals surface area contributed by atoms with Gasteiger partial charge in [0.2, 0.25) is 5.88 Å². The summed E-state index contributed by atoms with van der Waals surface area (Å²) in [4.78, 5) is 26.0. The molecule has 0 aliphatic carbocycles. The Labute approximate surface area is 271 Å². The minimum absolute atomic E-state index is 0.0122. The number of ether oxygens (including phenoxy) is 2. The van der Waals surface area contributed by atoms with Crippen LogP contribution in [0.2, 0.25) is 0 Å². The monoisotopic (exact) mass is 649 g/mol. The van der Waals surface area contributed by atoms with E-state index in [1.165, 1.54) is 23.5 Å². The van der Waals surface area contributed by atoms with E-state index < -0.39 is 17.6 Å². The number of nitrogens with zero attached hydrogens (tertiary/aromatic N) is 5. The largest absolute Gasteiger partial charge is 0.478 e. The first kappa shape index (κ1) is 30.2. The van der Waals surface area contributed by atoms with Crippen LogP contribution in [0.1, 0.15) is 38.7 Å². The quantitative estimate of drug-likeness (QED) is 0.168. The van der Waals surface area contributed by atoms with Gasteiger partial charge in [0.1, 0.15) is 29.1 Å². The zero-order valence-electron chi connectivity index (χ0n) is 24.7. The molecule has 0 spiro atoms. The Balaban J connectivity index is 1.10. The van der Waals surface area contributed by atoms with E-state index in [2.05, 4.69) is 21.0 Å². The molecule has 1 fully saturated rings. The summed E-state index contributed by atoms with van der Waals surface area (Å²) in [6.07, 6.45) is 2.50. The smallest absolute Gasteiger partial charge is 0.335 e. The number of aromatic carboxylic acids is 1. The number of carbonyl (C=O) groups is 1. The molecule has 1 saturated heterocycles. The van der Waals surface area contributed by atoms with Gasteiger partial charge in [-0.25, -0.2) is 28.5 Å². The van der Waals surface area contributed by atoms with Crippen LogP contribution in [-0.2, 0) is 24.3 Å². The third kappa shape index (κ3) is 6.31. The molecule has 0 unspecified atom stereocenters. The fourth-order valence-electron chi connectivity index (χ4n) is 5.37. The number of aromatic nitrogens is 4. The summed E-state index contributed by atoms with van der Waals surface area (Å²) in [6.45, 7) is 1.19. The first-order chi connectivity index (χ1) is 22.8. The Morgan fingerprint density at radius 1 is 1.09 bits per heavy atom. The van der Waals surface area contributed by atoms with E-state index in [9.17, 15) is 9.90 Å². The Hall–Kier alpha value is -5.51. The van der Waals surface area contributed by atoms with E-state index >= 15 is 8.78 Å². The number of nitriles is 1. The topological polar surface area (TPSA) is 123 Å². The second kappa shape index (κ2) is 12.7. The summed E-state index contributed by atoms with van der Waals surface area (Å²) in [7, 11) is 0. The summed E-state index contributed by atoms with van der Waals surface area (Å²) >= 11 is 1.44. The van der Waals surface area contributed by atoms with Gasteiger partial charge in [-0.15, -0.1) is 11.3 Å². The summed E-state index contributed by atoms with van der Waals surface area (Å²) in [5.74, 6) is -1.64. The molecule has 47 heavy (non-hydrogen) atoms. The van der Waals surface area contributed by atoms with E-state index in [-0.39, 0.29) is 47.4 Å². The van der Waals surface area contributed by atoms with Gasteiger partial charge in [0.15, 0.2) is 0 Å². The van der Waals surface area contributed by atoms with Crippen LogP contribution in [0, 0.1) is 23.0 Å². The molecular weight excluding hydrogens is 624 g/mol. The summed E-state index contributed by atoms with van der Waals surface area (Å²) in [5, 5.41) is 19.2. The van der Waals surface area contributed by atoms with Crippen LogP contribution >= 0.6 is 11.3 Å². The van der Waals surface area contributed by atoms with Crippen molar-refractivity contribution in [3.05, 3.63) is 118 Å². The average Bonchev–Trinajstić information content (AvgIpc) is 3.67. The van der Waals surface area contributed by atoms with Crippen LogP contribution in [-0.4, -0.2) is 43.3 Å². The number of carboxylic acid groups (broad SMARTS) is 1. The second-order valence-electron chi connectivity index (χ2n) is 11.0. The molecule has 9 nitrogen and oxygen atoms in total. The molecule has 7 rings (SSSR count). The molecule has 1 aliphatic rings. The first-order valence-corrected chi connectivity index (χ1v) is 15.5. The molecule has 1 atom stereocenters. The third-order valence-electron chi connectivity index (χ3n) is 7.93. The zero-order chi connectivity index (χ0) is 32.5. The van der Waals surface area contributed by atoms with Crippen LogP contribution in [0.5, 0.6) is 5.88 Å². The van der Waals surface area contributed by atoms with E-state index in [1.54, 1.807) is 42.6 Å². The lowest BCUT2D eigenvalue weighted by molar-refractivity contribution is -0.0589. The highest BCUT2D eigenvalue weighted by molar-refractivity contribution is 7.15. The lowest BCUT2D eigenvalue weighted by Crippen LogP contribution is -2.31. The number of thiazole rings is 1. The molecule has 6 aromatic rings. The molecule has 0 radical (unpaired) electrons. The van der Waals surface area contributed by atoms with Gasteiger partial charge in [-0.3, -0.25) is 0 Å². The number of fused-ring (bicyclic) bond motifs is 1. The van der Waals surface area contributed by atoms with Crippen LogP contribution in [0.3, 0.4) is 0 Å². The fraction of sp³-hybridized carbons (Fsp3) is 0.171. The molecule has 4 heterocycles. The standard InChI is InChI=1S/C35H25F2N5O4S/c36-26-15-25(28-2-1-3-33(41-28)46-19-34-39-17-31(47-34)21-6-4-20(16-38)5-7-21)27(37)12-23(26)14-32-40-29-9-8-22(35(43)44)13-30(29)42(32)18-24-10-11-45-24/h1-9,12-13,15,17,24H,10-11,14,18-19H2,(H,43,44)/t24-/m0/s1. The molecule has 1 aliphatic heterocycles. The van der Waals surface area contributed by atoms with Crippen molar-refractivity contribution in [1.82, 2.24) is 19.5 Å². The Bertz CT molecular complexity index is 2170. The van der Waals surface area contributed by atoms with Crippen LogP contribution in [0.15, 0.2) is 79.0 Å². The van der Waals surface area contributed by atoms with E-state index in [0.717, 1.165) is 29.0 Å². The van der Waals surface area contributed by atoms with Crippen molar-refractivity contribution in [2.24, 2.45) is 0 Å². The van der Waals surface area contributed by atoms with Gasteiger partial charge in [-0.1, -0.05) is 18.2 Å². The van der Waals surface area contributed by atoms with Crippen molar-refractivity contribution in [3.8, 4) is 33.6 Å². The maximum absolute atomic E-state index is 15.6. The number of pyridine rings is 1. The van der Waals surface area contributed by atoms with Crippen LogP contribution in [0.4, 0.5) is 8.78 Å². The van der Waals surface area contributed by atoms with Gasteiger partial charge >= 0.3 is 5.97 Å². The Morgan fingerprint density at radius 3 is 2.66 bits per heavy atom. The van der Waals surface area contributed by atoms with Crippen LogP contribution < -0.4 is 4.74 Å². The normalized spacial score (nSPS) is 14.1. The maximum Gasteiger partial charge on any atom is 0.335 e. The number of hydrogen-bond acceptors (Lipinski definition) is 8. The molecule has 3 aromatic carbocycles. The number of hydrogen-bond donors (Lipinski definition) is 1. The number of halogens is 2. The number of carboxylic acids is 1.